The van der Waals surface area contributed by atoms with Crippen LogP contribution in [0.4, 0.5) is 4.79 Å². The van der Waals surface area contributed by atoms with Crippen molar-refractivity contribution in [2.45, 2.75) is 6.61 Å². The fourth-order valence-electron chi connectivity index (χ4n) is 1.85. The topological polar surface area (TPSA) is 102 Å². The van der Waals surface area contributed by atoms with E-state index in [0.717, 1.165) is 5.56 Å². The molecule has 0 heterocycles. The van der Waals surface area contributed by atoms with Crippen molar-refractivity contribution in [2.75, 3.05) is 13.2 Å². The highest BCUT2D eigenvalue weighted by atomic mass is 16.6. The average Bonchev–Trinajstić information content (AvgIpc) is 2.64. The van der Waals surface area contributed by atoms with Crippen LogP contribution in [-0.4, -0.2) is 36.1 Å². The number of ether oxygens (including phenoxy) is 2. The van der Waals surface area contributed by atoms with Crippen LogP contribution >= 0.6 is 0 Å². The Morgan fingerprint density at radius 3 is 2.28 bits per heavy atom. The Kier molecular flexibility index (Phi) is 6.53. The van der Waals surface area contributed by atoms with Crippen molar-refractivity contribution in [1.82, 2.24) is 5.32 Å². The molecule has 2 aromatic carbocycles. The van der Waals surface area contributed by atoms with E-state index < -0.39 is 31.0 Å². The number of ketones is 1. The predicted molar refractivity (Wildman–Crippen MR) is 88.0 cm³/mol. The number of phenolic OH excluding ortho intramolecular Hbond substituents is 1. The molecule has 0 atom stereocenters. The zero-order valence-electron chi connectivity index (χ0n) is 13.3. The third kappa shape index (κ3) is 6.34. The van der Waals surface area contributed by atoms with Gasteiger partial charge in [0.2, 0.25) is 0 Å². The molecule has 7 heteroatoms. The zero-order valence-corrected chi connectivity index (χ0v) is 13.3. The molecule has 0 aliphatic rings. The Hall–Kier alpha value is -3.35. The lowest BCUT2D eigenvalue weighted by Gasteiger charge is -2.07. The number of esters is 1. The molecule has 7 nitrogen and oxygen atoms in total. The van der Waals surface area contributed by atoms with Crippen molar-refractivity contribution < 1.29 is 29.0 Å². The first-order valence-electron chi connectivity index (χ1n) is 7.47. The van der Waals surface area contributed by atoms with Gasteiger partial charge in [0.25, 0.3) is 0 Å². The van der Waals surface area contributed by atoms with Crippen molar-refractivity contribution in [2.24, 2.45) is 0 Å². The SMILES string of the molecule is O=C(CNC(=O)OCc1ccccc1)OCC(=O)c1ccc(O)cc1. The number of aromatic hydroxyl groups is 1. The van der Waals surface area contributed by atoms with E-state index in [0.29, 0.717) is 5.56 Å². The second-order valence-electron chi connectivity index (χ2n) is 5.05. The number of benzene rings is 2. The quantitative estimate of drug-likeness (QED) is 0.589. The number of rotatable bonds is 7. The first-order valence-corrected chi connectivity index (χ1v) is 7.47. The lowest BCUT2D eigenvalue weighted by atomic mass is 10.1. The summed E-state index contributed by atoms with van der Waals surface area (Å²) in [6.45, 7) is -0.776. The monoisotopic (exact) mass is 343 g/mol. The molecule has 0 saturated carbocycles. The third-order valence-electron chi connectivity index (χ3n) is 3.14. The maximum atomic E-state index is 11.8. The smallest absolute Gasteiger partial charge is 0.407 e. The minimum Gasteiger partial charge on any atom is -0.508 e. The molecule has 0 radical (unpaired) electrons. The van der Waals surface area contributed by atoms with Crippen LogP contribution in [0.1, 0.15) is 15.9 Å². The van der Waals surface area contributed by atoms with E-state index in [2.05, 4.69) is 5.32 Å². The van der Waals surface area contributed by atoms with Crippen molar-refractivity contribution in [3.63, 3.8) is 0 Å². The van der Waals surface area contributed by atoms with E-state index in [9.17, 15) is 14.4 Å². The molecule has 0 aliphatic carbocycles. The number of phenols is 1. The minimum atomic E-state index is -0.760. The van der Waals surface area contributed by atoms with E-state index in [1.54, 1.807) is 12.1 Å². The van der Waals surface area contributed by atoms with Gasteiger partial charge in [0.1, 0.15) is 18.9 Å². The molecule has 2 N–H and O–H groups in total. The van der Waals surface area contributed by atoms with Gasteiger partial charge in [0.15, 0.2) is 12.4 Å². The van der Waals surface area contributed by atoms with Crippen LogP contribution < -0.4 is 5.32 Å². The average molecular weight is 343 g/mol. The summed E-state index contributed by atoms with van der Waals surface area (Å²) >= 11 is 0. The highest BCUT2D eigenvalue weighted by Gasteiger charge is 2.11. The minimum absolute atomic E-state index is 0.0340. The maximum Gasteiger partial charge on any atom is 0.407 e. The van der Waals surface area contributed by atoms with Crippen LogP contribution in [-0.2, 0) is 20.9 Å². The number of nitrogens with one attached hydrogen (secondary N) is 1. The summed E-state index contributed by atoms with van der Waals surface area (Å²) in [7, 11) is 0. The normalized spacial score (nSPS) is 9.92. The summed E-state index contributed by atoms with van der Waals surface area (Å²) in [6, 6.07) is 14.7. The second-order valence-corrected chi connectivity index (χ2v) is 5.05. The molecule has 2 aromatic rings. The van der Waals surface area contributed by atoms with Crippen molar-refractivity contribution in [3.05, 3.63) is 65.7 Å². The predicted octanol–water partition coefficient (Wildman–Crippen LogP) is 2.04. The van der Waals surface area contributed by atoms with Gasteiger partial charge < -0.3 is 19.9 Å². The van der Waals surface area contributed by atoms with E-state index in [4.69, 9.17) is 14.6 Å². The van der Waals surface area contributed by atoms with Gasteiger partial charge in [0.05, 0.1) is 0 Å². The van der Waals surface area contributed by atoms with Gasteiger partial charge in [-0.3, -0.25) is 9.59 Å². The molecule has 0 unspecified atom stereocenters. The van der Waals surface area contributed by atoms with E-state index >= 15 is 0 Å². The van der Waals surface area contributed by atoms with Crippen LogP contribution in [0.15, 0.2) is 54.6 Å². The van der Waals surface area contributed by atoms with Crippen LogP contribution in [0.5, 0.6) is 5.75 Å². The van der Waals surface area contributed by atoms with Crippen LogP contribution in [0.3, 0.4) is 0 Å². The summed E-state index contributed by atoms with van der Waals surface area (Å²) in [6.07, 6.45) is -0.759. The number of carbonyl (C=O) groups excluding carboxylic acids is 3. The Morgan fingerprint density at radius 1 is 0.920 bits per heavy atom. The number of alkyl carbamates (subject to hydrolysis) is 1. The van der Waals surface area contributed by atoms with Crippen LogP contribution in [0.2, 0.25) is 0 Å². The number of Topliss-reactive ketones (excluding diaryl/α,β-unsaturated/α-hetero) is 1. The molecule has 0 aromatic heterocycles. The third-order valence-corrected chi connectivity index (χ3v) is 3.14. The summed E-state index contributed by atoms with van der Waals surface area (Å²) in [5, 5.41) is 11.4. The Morgan fingerprint density at radius 2 is 1.60 bits per heavy atom. The van der Waals surface area contributed by atoms with Gasteiger partial charge >= 0.3 is 12.1 Å². The van der Waals surface area contributed by atoms with Gasteiger partial charge in [-0.15, -0.1) is 0 Å². The lowest BCUT2D eigenvalue weighted by molar-refractivity contribution is -0.141. The van der Waals surface area contributed by atoms with E-state index in [1.807, 2.05) is 18.2 Å². The molecule has 0 fully saturated rings. The molecule has 0 bridgehead atoms. The molecule has 0 aliphatic heterocycles. The Bertz CT molecular complexity index is 727. The molecule has 2 rings (SSSR count). The largest absolute Gasteiger partial charge is 0.508 e. The molecule has 0 spiro atoms. The van der Waals surface area contributed by atoms with Gasteiger partial charge in [-0.2, -0.15) is 0 Å². The Balaban J connectivity index is 1.65. The van der Waals surface area contributed by atoms with Gasteiger partial charge in [0, 0.05) is 5.56 Å². The highest BCUT2D eigenvalue weighted by Crippen LogP contribution is 2.10. The molecule has 130 valence electrons. The standard InChI is InChI=1S/C18H17NO6/c20-15-8-6-14(7-9-15)16(21)12-24-17(22)10-19-18(23)25-11-13-4-2-1-3-5-13/h1-9,20H,10-12H2,(H,19,23). The maximum absolute atomic E-state index is 11.8. The van der Waals surface area contributed by atoms with E-state index in [-0.39, 0.29) is 12.4 Å². The van der Waals surface area contributed by atoms with Gasteiger partial charge in [-0.05, 0) is 29.8 Å². The molecule has 0 saturated heterocycles. The highest BCUT2D eigenvalue weighted by molar-refractivity contribution is 5.98. The number of hydrogen-bond donors (Lipinski definition) is 2. The molecular formula is C18H17NO6. The van der Waals surface area contributed by atoms with Crippen LogP contribution in [0.25, 0.3) is 0 Å². The Labute approximate surface area is 144 Å². The number of carbonyl (C=O) groups is 3. The van der Waals surface area contributed by atoms with Crippen molar-refractivity contribution >= 4 is 17.8 Å². The molecular weight excluding hydrogens is 326 g/mol. The van der Waals surface area contributed by atoms with Crippen molar-refractivity contribution in [1.29, 1.82) is 0 Å². The van der Waals surface area contributed by atoms with Gasteiger partial charge in [-0.1, -0.05) is 30.3 Å². The summed E-state index contributed by atoms with van der Waals surface area (Å²) in [5.74, 6) is -1.14. The van der Waals surface area contributed by atoms with E-state index in [1.165, 1.54) is 24.3 Å². The van der Waals surface area contributed by atoms with Crippen molar-refractivity contribution in [3.8, 4) is 5.75 Å². The number of hydrogen-bond acceptors (Lipinski definition) is 6. The summed E-state index contributed by atoms with van der Waals surface area (Å²) in [5.41, 5.74) is 1.13. The zero-order chi connectivity index (χ0) is 18.1. The summed E-state index contributed by atoms with van der Waals surface area (Å²) in [4.78, 5) is 34.8. The van der Waals surface area contributed by atoms with Gasteiger partial charge in [-0.25, -0.2) is 4.79 Å². The lowest BCUT2D eigenvalue weighted by Crippen LogP contribution is -2.31. The summed E-state index contributed by atoms with van der Waals surface area (Å²) < 4.78 is 9.72. The molecule has 25 heavy (non-hydrogen) atoms. The van der Waals surface area contributed by atoms with Crippen LogP contribution in [0, 0.1) is 0 Å². The molecule has 1 amide bonds. The number of amides is 1. The first kappa shape index (κ1) is 18.0. The fraction of sp³-hybridized carbons (Fsp3) is 0.167. The fourth-order valence-corrected chi connectivity index (χ4v) is 1.85. The second kappa shape index (κ2) is 9.07. The first-order chi connectivity index (χ1) is 12.0.